The highest BCUT2D eigenvalue weighted by Crippen LogP contribution is 2.30. The van der Waals surface area contributed by atoms with Gasteiger partial charge in [0, 0.05) is 15.8 Å². The van der Waals surface area contributed by atoms with E-state index in [0.29, 0.717) is 6.04 Å². The predicted molar refractivity (Wildman–Crippen MR) is 53.8 cm³/mol. The topological polar surface area (TPSA) is 12.0 Å². The third kappa shape index (κ3) is 1.41. The summed E-state index contributed by atoms with van der Waals surface area (Å²) in [5.41, 5.74) is 1.54. The van der Waals surface area contributed by atoms with Gasteiger partial charge >= 0.3 is 0 Å². The van der Waals surface area contributed by atoms with Gasteiger partial charge in [-0.15, -0.1) is 11.3 Å². The number of nitrogens with one attached hydrogen (secondary N) is 1. The summed E-state index contributed by atoms with van der Waals surface area (Å²) in [6.45, 7) is 5.61. The minimum absolute atomic E-state index is 0.648. The molecule has 0 bridgehead atoms. The summed E-state index contributed by atoms with van der Waals surface area (Å²) < 4.78 is 0. The first-order chi connectivity index (χ1) is 5.77. The minimum Gasteiger partial charge on any atom is -0.310 e. The van der Waals surface area contributed by atoms with Crippen molar-refractivity contribution in [3.8, 4) is 0 Å². The van der Waals surface area contributed by atoms with E-state index in [0.717, 1.165) is 0 Å². The molecule has 1 aromatic rings. The highest BCUT2D eigenvalue weighted by Gasteiger charge is 2.18. The van der Waals surface area contributed by atoms with Crippen molar-refractivity contribution >= 4 is 11.3 Å². The monoisotopic (exact) mass is 181 g/mol. The first-order valence-electron chi connectivity index (χ1n) is 4.57. The number of thiophene rings is 1. The molecular weight excluding hydrogens is 166 g/mol. The zero-order valence-corrected chi connectivity index (χ0v) is 8.50. The molecule has 1 aromatic heterocycles. The molecule has 2 heterocycles. The Hall–Kier alpha value is -0.340. The highest BCUT2D eigenvalue weighted by molar-refractivity contribution is 7.12. The van der Waals surface area contributed by atoms with E-state index < -0.39 is 0 Å². The van der Waals surface area contributed by atoms with Crippen molar-refractivity contribution in [2.24, 2.45) is 0 Å². The normalized spacial score (nSPS) is 23.3. The smallest absolute Gasteiger partial charge is 0.0331 e. The van der Waals surface area contributed by atoms with Crippen molar-refractivity contribution < 1.29 is 0 Å². The van der Waals surface area contributed by atoms with E-state index in [4.69, 9.17) is 0 Å². The third-order valence-corrected chi connectivity index (χ3v) is 3.50. The summed E-state index contributed by atoms with van der Waals surface area (Å²) in [5.74, 6) is 0. The molecule has 1 aliphatic rings. The molecular formula is C10H15NS. The van der Waals surface area contributed by atoms with Crippen molar-refractivity contribution in [3.05, 3.63) is 21.4 Å². The first-order valence-corrected chi connectivity index (χ1v) is 5.39. The summed E-state index contributed by atoms with van der Waals surface area (Å²) in [6, 6.07) is 2.98. The Morgan fingerprint density at radius 3 is 2.83 bits per heavy atom. The second-order valence-electron chi connectivity index (χ2n) is 3.52. The molecule has 0 radical (unpaired) electrons. The van der Waals surface area contributed by atoms with Crippen LogP contribution >= 0.6 is 11.3 Å². The van der Waals surface area contributed by atoms with Crippen LogP contribution in [0.4, 0.5) is 0 Å². The van der Waals surface area contributed by atoms with Crippen LogP contribution in [0.2, 0.25) is 0 Å². The molecule has 0 aromatic carbocycles. The molecule has 2 heteroatoms. The molecule has 1 nitrogen and oxygen atoms in total. The van der Waals surface area contributed by atoms with E-state index >= 15 is 0 Å². The average molecular weight is 181 g/mol. The molecule has 12 heavy (non-hydrogen) atoms. The van der Waals surface area contributed by atoms with Gasteiger partial charge in [0.05, 0.1) is 0 Å². The Balaban J connectivity index is 2.25. The summed E-state index contributed by atoms with van der Waals surface area (Å²) in [5, 5.41) is 3.53. The molecule has 2 rings (SSSR count). The zero-order valence-electron chi connectivity index (χ0n) is 7.68. The minimum atomic E-state index is 0.648. The van der Waals surface area contributed by atoms with Crippen molar-refractivity contribution in [2.45, 2.75) is 32.7 Å². The number of hydrogen-bond donors (Lipinski definition) is 1. The second kappa shape index (κ2) is 3.19. The molecule has 0 saturated carbocycles. The van der Waals surface area contributed by atoms with Crippen LogP contribution in [0.5, 0.6) is 0 Å². The molecule has 66 valence electrons. The Kier molecular flexibility index (Phi) is 2.20. The molecule has 1 saturated heterocycles. The molecule has 1 atom stereocenters. The lowest BCUT2D eigenvalue weighted by molar-refractivity contribution is 0.646. The van der Waals surface area contributed by atoms with Crippen LogP contribution < -0.4 is 5.32 Å². The fourth-order valence-corrected chi connectivity index (χ4v) is 2.93. The third-order valence-electron chi connectivity index (χ3n) is 2.52. The standard InChI is InChI=1S/C10H15NS/c1-7-6-9(8(2)12-7)10-4-3-5-11-10/h6,10-11H,3-5H2,1-2H3/t10-/m0/s1. The number of rotatable bonds is 1. The van der Waals surface area contributed by atoms with Crippen LogP contribution in [0.15, 0.2) is 6.07 Å². The van der Waals surface area contributed by atoms with Crippen LogP contribution in [-0.2, 0) is 0 Å². The van der Waals surface area contributed by atoms with Crippen LogP contribution in [0.1, 0.15) is 34.2 Å². The summed E-state index contributed by atoms with van der Waals surface area (Å²) in [7, 11) is 0. The van der Waals surface area contributed by atoms with E-state index in [1.54, 1.807) is 0 Å². The van der Waals surface area contributed by atoms with E-state index in [-0.39, 0.29) is 0 Å². The SMILES string of the molecule is Cc1cc([C@@H]2CCCN2)c(C)s1. The van der Waals surface area contributed by atoms with E-state index in [1.807, 2.05) is 11.3 Å². The van der Waals surface area contributed by atoms with Crippen molar-refractivity contribution in [1.82, 2.24) is 5.32 Å². The summed E-state index contributed by atoms with van der Waals surface area (Å²) in [6.07, 6.45) is 2.65. The lowest BCUT2D eigenvalue weighted by Crippen LogP contribution is -2.12. The molecule has 0 unspecified atom stereocenters. The van der Waals surface area contributed by atoms with Crippen molar-refractivity contribution in [2.75, 3.05) is 6.54 Å². The lowest BCUT2D eigenvalue weighted by atomic mass is 10.1. The largest absolute Gasteiger partial charge is 0.310 e. The zero-order chi connectivity index (χ0) is 8.55. The lowest BCUT2D eigenvalue weighted by Gasteiger charge is -2.08. The van der Waals surface area contributed by atoms with Crippen LogP contribution in [0.3, 0.4) is 0 Å². The van der Waals surface area contributed by atoms with Gasteiger partial charge in [-0.3, -0.25) is 0 Å². The molecule has 0 amide bonds. The molecule has 1 aliphatic heterocycles. The maximum Gasteiger partial charge on any atom is 0.0331 e. The van der Waals surface area contributed by atoms with Gasteiger partial charge in [-0.2, -0.15) is 0 Å². The van der Waals surface area contributed by atoms with Gasteiger partial charge in [0.25, 0.3) is 0 Å². The maximum atomic E-state index is 3.53. The van der Waals surface area contributed by atoms with Crippen molar-refractivity contribution in [1.29, 1.82) is 0 Å². The molecule has 1 fully saturated rings. The highest BCUT2D eigenvalue weighted by atomic mass is 32.1. The van der Waals surface area contributed by atoms with Crippen molar-refractivity contribution in [3.63, 3.8) is 0 Å². The van der Waals surface area contributed by atoms with Crippen LogP contribution in [0.25, 0.3) is 0 Å². The second-order valence-corrected chi connectivity index (χ2v) is 4.98. The van der Waals surface area contributed by atoms with Gasteiger partial charge < -0.3 is 5.32 Å². The van der Waals surface area contributed by atoms with E-state index in [2.05, 4.69) is 25.2 Å². The quantitative estimate of drug-likeness (QED) is 0.702. The van der Waals surface area contributed by atoms with E-state index in [9.17, 15) is 0 Å². The summed E-state index contributed by atoms with van der Waals surface area (Å²) >= 11 is 1.92. The van der Waals surface area contributed by atoms with Gasteiger partial charge in [0.15, 0.2) is 0 Å². The van der Waals surface area contributed by atoms with Gasteiger partial charge in [0.2, 0.25) is 0 Å². The van der Waals surface area contributed by atoms with Gasteiger partial charge in [-0.05, 0) is 44.9 Å². The van der Waals surface area contributed by atoms with Gasteiger partial charge in [-0.1, -0.05) is 0 Å². The van der Waals surface area contributed by atoms with Gasteiger partial charge in [0.1, 0.15) is 0 Å². The van der Waals surface area contributed by atoms with Crippen LogP contribution in [0, 0.1) is 13.8 Å². The first kappa shape index (κ1) is 8.27. The molecule has 1 N–H and O–H groups in total. The maximum absolute atomic E-state index is 3.53. The fraction of sp³-hybridized carbons (Fsp3) is 0.600. The van der Waals surface area contributed by atoms with E-state index in [1.165, 1.54) is 34.7 Å². The number of aryl methyl sites for hydroxylation is 2. The Bertz CT molecular complexity index is 271. The predicted octanol–water partition coefficient (Wildman–Crippen LogP) is 2.79. The Morgan fingerprint density at radius 1 is 1.50 bits per heavy atom. The number of hydrogen-bond acceptors (Lipinski definition) is 2. The molecule has 0 aliphatic carbocycles. The summed E-state index contributed by atoms with van der Waals surface area (Å²) in [4.78, 5) is 2.93. The van der Waals surface area contributed by atoms with Crippen LogP contribution in [-0.4, -0.2) is 6.54 Å². The average Bonchev–Trinajstić information content (AvgIpc) is 2.58. The van der Waals surface area contributed by atoms with Gasteiger partial charge in [-0.25, -0.2) is 0 Å². The molecule has 0 spiro atoms. The Morgan fingerprint density at radius 2 is 2.33 bits per heavy atom. The fourth-order valence-electron chi connectivity index (χ4n) is 1.95. The Labute approximate surface area is 77.8 Å².